The van der Waals surface area contributed by atoms with Crippen molar-refractivity contribution in [2.24, 2.45) is 0 Å². The van der Waals surface area contributed by atoms with Crippen molar-refractivity contribution in [1.29, 1.82) is 0 Å². The van der Waals surface area contributed by atoms with Crippen molar-refractivity contribution in [1.82, 2.24) is 25.3 Å². The second kappa shape index (κ2) is 8.31. The van der Waals surface area contributed by atoms with Gasteiger partial charge in [0.1, 0.15) is 5.82 Å². The van der Waals surface area contributed by atoms with E-state index in [1.807, 2.05) is 6.92 Å². The molecule has 3 N–H and O–H groups in total. The molecule has 1 atom stereocenters. The first-order valence-electron chi connectivity index (χ1n) is 10.2. The van der Waals surface area contributed by atoms with Crippen LogP contribution in [0.5, 0.6) is 0 Å². The van der Waals surface area contributed by atoms with E-state index < -0.39 is 19.0 Å². The van der Waals surface area contributed by atoms with Gasteiger partial charge in [0.05, 0.1) is 17.9 Å². The molecule has 12 heteroatoms. The lowest BCUT2D eigenvalue weighted by Crippen LogP contribution is -2.34. The lowest BCUT2D eigenvalue weighted by molar-refractivity contribution is -0.137. The summed E-state index contributed by atoms with van der Waals surface area (Å²) in [5.41, 5.74) is 3.85. The predicted octanol–water partition coefficient (Wildman–Crippen LogP) is 4.09. The maximum absolute atomic E-state index is 15.8. The van der Waals surface area contributed by atoms with E-state index in [4.69, 9.17) is 11.6 Å². The van der Waals surface area contributed by atoms with Gasteiger partial charge in [0.25, 0.3) is 5.91 Å². The van der Waals surface area contributed by atoms with Gasteiger partial charge in [-0.25, -0.2) is 19.3 Å². The summed E-state index contributed by atoms with van der Waals surface area (Å²) in [4.78, 5) is 27.7. The number of carbonyl (C=O) groups excluding carboxylic acids is 1. The summed E-state index contributed by atoms with van der Waals surface area (Å²) in [5, 5.41) is 5.44. The van der Waals surface area contributed by atoms with E-state index in [-0.39, 0.29) is 34.3 Å². The summed E-state index contributed by atoms with van der Waals surface area (Å²) < 4.78 is 45.1. The molecule has 1 amide bonds. The van der Waals surface area contributed by atoms with Gasteiger partial charge in [-0.3, -0.25) is 4.79 Å². The van der Waals surface area contributed by atoms with Crippen LogP contribution < -0.4 is 10.6 Å². The number of anilines is 2. The summed E-state index contributed by atoms with van der Waals surface area (Å²) in [6.07, 6.45) is 3.86. The normalized spacial score (nSPS) is 16.8. The van der Waals surface area contributed by atoms with E-state index >= 15 is 4.39 Å². The average Bonchev–Trinajstić information content (AvgIpc) is 3.18. The highest BCUT2D eigenvalue weighted by atomic mass is 35.5. The largest absolute Gasteiger partial charge is 0.357 e. The van der Waals surface area contributed by atoms with Crippen molar-refractivity contribution < 1.29 is 22.7 Å². The number of aromatic nitrogens is 4. The Hall–Kier alpha value is -3.18. The summed E-state index contributed by atoms with van der Waals surface area (Å²) in [6, 6.07) is 0. The molecule has 0 bridgehead atoms. The number of ether oxygens (including phenoxy) is 1. The van der Waals surface area contributed by atoms with Crippen molar-refractivity contribution >= 4 is 29.1 Å². The molecular formula is C21H18ClF3N6O2. The zero-order valence-electron chi connectivity index (χ0n) is 17.3. The lowest BCUT2D eigenvalue weighted by Gasteiger charge is -2.21. The number of hydrogen-bond donors (Lipinski definition) is 3. The molecule has 172 valence electrons. The topological polar surface area (TPSA) is 105 Å². The van der Waals surface area contributed by atoms with Crippen molar-refractivity contribution in [3.8, 4) is 11.3 Å². The smallest absolute Gasteiger partial charge is 0.345 e. The Kier molecular flexibility index (Phi) is 5.45. The fourth-order valence-electron chi connectivity index (χ4n) is 4.28. The van der Waals surface area contributed by atoms with Crippen LogP contribution in [0.2, 0.25) is 5.28 Å². The highest BCUT2D eigenvalue weighted by Crippen LogP contribution is 2.42. The van der Waals surface area contributed by atoms with Crippen molar-refractivity contribution in [2.45, 2.75) is 38.9 Å². The van der Waals surface area contributed by atoms with Crippen molar-refractivity contribution in [3.05, 3.63) is 51.4 Å². The first kappa shape index (κ1) is 21.7. The molecule has 0 fully saturated rings. The number of hydrogen-bond acceptors (Lipinski definition) is 6. The Labute approximate surface area is 190 Å². The fraction of sp³-hybridized carbons (Fsp3) is 0.333. The van der Waals surface area contributed by atoms with Gasteiger partial charge in [0.2, 0.25) is 5.28 Å². The first-order chi connectivity index (χ1) is 15.8. The van der Waals surface area contributed by atoms with Crippen LogP contribution in [0, 0.1) is 5.82 Å². The van der Waals surface area contributed by atoms with Gasteiger partial charge in [-0.1, -0.05) is 6.92 Å². The number of alkyl halides is 2. The molecule has 3 aromatic rings. The third-order valence-corrected chi connectivity index (χ3v) is 6.03. The molecule has 1 unspecified atom stereocenters. The number of aryl methyl sites for hydroxylation is 1. The molecule has 2 aliphatic rings. The van der Waals surface area contributed by atoms with E-state index in [9.17, 15) is 13.6 Å². The highest BCUT2D eigenvalue weighted by molar-refractivity contribution is 6.28. The minimum absolute atomic E-state index is 0.00295. The molecule has 0 saturated heterocycles. The predicted molar refractivity (Wildman–Crippen MR) is 113 cm³/mol. The minimum atomic E-state index is -3.00. The molecular weight excluding hydrogens is 461 g/mol. The summed E-state index contributed by atoms with van der Waals surface area (Å²) in [5.74, 6) is -0.932. The van der Waals surface area contributed by atoms with Crippen LogP contribution in [0.4, 0.5) is 24.8 Å². The number of nitrogens with zero attached hydrogens (tertiary/aromatic N) is 3. The van der Waals surface area contributed by atoms with Gasteiger partial charge in [-0.15, -0.1) is 0 Å². The fourth-order valence-corrected chi connectivity index (χ4v) is 4.42. The quantitative estimate of drug-likeness (QED) is 0.477. The maximum atomic E-state index is 15.8. The van der Waals surface area contributed by atoms with Crippen LogP contribution in [0.3, 0.4) is 0 Å². The molecule has 0 saturated carbocycles. The Balaban J connectivity index is 1.56. The van der Waals surface area contributed by atoms with E-state index in [0.717, 1.165) is 11.3 Å². The summed E-state index contributed by atoms with van der Waals surface area (Å²) in [7, 11) is 0. The Morgan fingerprint density at radius 1 is 1.24 bits per heavy atom. The monoisotopic (exact) mass is 478 g/mol. The van der Waals surface area contributed by atoms with E-state index in [1.165, 1.54) is 6.20 Å². The van der Waals surface area contributed by atoms with Gasteiger partial charge in [0.15, 0.2) is 11.6 Å². The summed E-state index contributed by atoms with van der Waals surface area (Å²) in [6.45, 7) is -1.02. The third kappa shape index (κ3) is 3.80. The number of fused-ring (bicyclic) bond motifs is 5. The third-order valence-electron chi connectivity index (χ3n) is 5.85. The number of H-pyrrole nitrogens is 1. The van der Waals surface area contributed by atoms with Crippen LogP contribution in [-0.2, 0) is 24.2 Å². The van der Waals surface area contributed by atoms with Gasteiger partial charge >= 0.3 is 6.61 Å². The molecule has 3 aromatic heterocycles. The van der Waals surface area contributed by atoms with E-state index in [1.54, 1.807) is 6.20 Å². The molecule has 0 radical (unpaired) electrons. The number of pyridine rings is 1. The second-order valence-corrected chi connectivity index (χ2v) is 8.25. The van der Waals surface area contributed by atoms with Gasteiger partial charge in [0, 0.05) is 41.7 Å². The highest BCUT2D eigenvalue weighted by Gasteiger charge is 2.34. The Morgan fingerprint density at radius 2 is 2.06 bits per heavy atom. The van der Waals surface area contributed by atoms with Gasteiger partial charge < -0.3 is 20.4 Å². The molecule has 1 aliphatic carbocycles. The molecule has 0 spiro atoms. The maximum Gasteiger partial charge on any atom is 0.345 e. The zero-order valence-corrected chi connectivity index (χ0v) is 18.1. The van der Waals surface area contributed by atoms with Crippen LogP contribution >= 0.6 is 11.6 Å². The van der Waals surface area contributed by atoms with Gasteiger partial charge in [-0.05, 0) is 35.6 Å². The van der Waals surface area contributed by atoms with Gasteiger partial charge in [-0.2, -0.15) is 8.78 Å². The Bertz CT molecular complexity index is 1270. The molecule has 33 heavy (non-hydrogen) atoms. The molecule has 8 nitrogen and oxygen atoms in total. The number of nitrogens with one attached hydrogen (secondary N) is 3. The number of rotatable bonds is 5. The molecule has 4 heterocycles. The number of aromatic amines is 1. The van der Waals surface area contributed by atoms with Crippen molar-refractivity contribution in [3.63, 3.8) is 0 Å². The average molecular weight is 479 g/mol. The van der Waals surface area contributed by atoms with E-state index in [0.29, 0.717) is 41.8 Å². The second-order valence-electron chi connectivity index (χ2n) is 7.91. The van der Waals surface area contributed by atoms with Crippen LogP contribution in [0.15, 0.2) is 12.4 Å². The zero-order chi connectivity index (χ0) is 23.3. The number of amides is 1. The van der Waals surface area contributed by atoms with Crippen molar-refractivity contribution in [2.75, 3.05) is 11.9 Å². The Morgan fingerprint density at radius 3 is 2.85 bits per heavy atom. The minimum Gasteiger partial charge on any atom is -0.357 e. The number of halogens is 4. The standard InChI is InChI=1S/C21H18ClF3N6O2/c1-8-4-27-19(32)13-11-3-2-9-5-26-18(14(23)12(9)16(11)29-15(8)13)30-17-10(7-33-21(24)25)6-28-20(22)31-17/h5-6,8,21,29H,2-4,7H2,1H3,(H,27,32)(H,26,28,30,31). The molecule has 1 aliphatic heterocycles. The summed E-state index contributed by atoms with van der Waals surface area (Å²) >= 11 is 5.84. The van der Waals surface area contributed by atoms with Crippen LogP contribution in [0.1, 0.15) is 45.6 Å². The first-order valence-corrected chi connectivity index (χ1v) is 10.6. The van der Waals surface area contributed by atoms with Crippen LogP contribution in [-0.4, -0.2) is 39.0 Å². The number of carbonyl (C=O) groups is 1. The van der Waals surface area contributed by atoms with Crippen LogP contribution in [0.25, 0.3) is 11.3 Å². The molecule has 0 aromatic carbocycles. The van der Waals surface area contributed by atoms with E-state index in [2.05, 4.69) is 35.3 Å². The molecule has 5 rings (SSSR count). The lowest BCUT2D eigenvalue weighted by atomic mass is 9.87. The SMILES string of the molecule is CC1CNC(=O)c2c1[nH]c1c2CCc2cnc(Nc3nc(Cl)ncc3COC(F)F)c(F)c2-1.